The zero-order valence-electron chi connectivity index (χ0n) is 11.1. The number of rotatable bonds is 4. The lowest BCUT2D eigenvalue weighted by Gasteiger charge is -2.19. The molecule has 104 valence electrons. The largest absolute Gasteiger partial charge is 0.481 e. The number of ether oxygens (including phenoxy) is 1. The van der Waals surface area contributed by atoms with Crippen LogP contribution in [-0.4, -0.2) is 22.8 Å². The molecular weight excluding hydrogens is 266 g/mol. The molecule has 1 rings (SSSR count). The van der Waals surface area contributed by atoms with Crippen LogP contribution in [0.1, 0.15) is 32.8 Å². The molecule has 6 heteroatoms. The quantitative estimate of drug-likeness (QED) is 0.885. The summed E-state index contributed by atoms with van der Waals surface area (Å²) in [5.74, 6) is -0.876. The van der Waals surface area contributed by atoms with Gasteiger partial charge in [-0.3, -0.25) is 10.1 Å². The van der Waals surface area contributed by atoms with Gasteiger partial charge >= 0.3 is 12.1 Å². The number of thiophene rings is 1. The van der Waals surface area contributed by atoms with E-state index in [1.54, 1.807) is 39.0 Å². The van der Waals surface area contributed by atoms with Gasteiger partial charge in [-0.25, -0.2) is 4.79 Å². The molecular formula is C13H17NO4S. The molecule has 0 saturated carbocycles. The van der Waals surface area contributed by atoms with Crippen LogP contribution in [0.2, 0.25) is 0 Å². The van der Waals surface area contributed by atoms with Crippen molar-refractivity contribution >= 4 is 34.5 Å². The van der Waals surface area contributed by atoms with Crippen molar-refractivity contribution in [2.75, 3.05) is 5.32 Å². The standard InChI is InChI=1S/C13H17NO4S/c1-13(2,3)18-12(17)14-10-7-9(8-19-10)5-4-6-11(15)16/h4-5,7-8H,6H2,1-3H3,(H,14,17)(H,15,16). The van der Waals surface area contributed by atoms with Crippen LogP contribution in [0.25, 0.3) is 6.08 Å². The molecule has 0 aromatic carbocycles. The Labute approximate surface area is 115 Å². The zero-order valence-corrected chi connectivity index (χ0v) is 11.9. The lowest BCUT2D eigenvalue weighted by atomic mass is 10.2. The fraction of sp³-hybridized carbons (Fsp3) is 0.385. The van der Waals surface area contributed by atoms with Gasteiger partial charge in [-0.05, 0) is 32.4 Å². The van der Waals surface area contributed by atoms with Crippen LogP contribution in [0.15, 0.2) is 17.5 Å². The van der Waals surface area contributed by atoms with E-state index in [0.29, 0.717) is 5.00 Å². The Morgan fingerprint density at radius 1 is 1.47 bits per heavy atom. The van der Waals surface area contributed by atoms with E-state index in [-0.39, 0.29) is 6.42 Å². The van der Waals surface area contributed by atoms with Gasteiger partial charge in [0.25, 0.3) is 0 Å². The van der Waals surface area contributed by atoms with Gasteiger partial charge in [0.2, 0.25) is 0 Å². The molecule has 0 bridgehead atoms. The first kappa shape index (κ1) is 15.2. The molecule has 0 aliphatic carbocycles. The number of amides is 1. The first-order valence-electron chi connectivity index (χ1n) is 5.73. The highest BCUT2D eigenvalue weighted by atomic mass is 32.1. The minimum absolute atomic E-state index is 0.0231. The van der Waals surface area contributed by atoms with E-state index in [9.17, 15) is 9.59 Å². The van der Waals surface area contributed by atoms with Gasteiger partial charge < -0.3 is 9.84 Å². The molecule has 1 aromatic rings. The summed E-state index contributed by atoms with van der Waals surface area (Å²) in [5, 5.41) is 13.6. The van der Waals surface area contributed by atoms with Gasteiger partial charge in [0.15, 0.2) is 0 Å². The summed E-state index contributed by atoms with van der Waals surface area (Å²) < 4.78 is 5.12. The molecule has 0 fully saturated rings. The first-order chi connectivity index (χ1) is 8.76. The molecule has 0 atom stereocenters. The van der Waals surface area contributed by atoms with E-state index < -0.39 is 17.7 Å². The summed E-state index contributed by atoms with van der Waals surface area (Å²) in [6.45, 7) is 5.38. The monoisotopic (exact) mass is 283 g/mol. The second-order valence-corrected chi connectivity index (χ2v) is 5.78. The van der Waals surface area contributed by atoms with Crippen LogP contribution < -0.4 is 5.32 Å². The molecule has 5 nitrogen and oxygen atoms in total. The molecule has 0 spiro atoms. The van der Waals surface area contributed by atoms with Crippen molar-refractivity contribution in [2.24, 2.45) is 0 Å². The second kappa shape index (κ2) is 6.38. The van der Waals surface area contributed by atoms with Crippen molar-refractivity contribution in [3.63, 3.8) is 0 Å². The Hall–Kier alpha value is -1.82. The van der Waals surface area contributed by atoms with E-state index in [0.717, 1.165) is 5.56 Å². The molecule has 19 heavy (non-hydrogen) atoms. The summed E-state index contributed by atoms with van der Waals surface area (Å²) in [5.41, 5.74) is 0.309. The van der Waals surface area contributed by atoms with Crippen molar-refractivity contribution in [3.05, 3.63) is 23.1 Å². The highest BCUT2D eigenvalue weighted by Gasteiger charge is 2.16. The molecule has 0 aliphatic heterocycles. The Morgan fingerprint density at radius 2 is 2.16 bits per heavy atom. The summed E-state index contributed by atoms with van der Waals surface area (Å²) in [4.78, 5) is 21.9. The highest BCUT2D eigenvalue weighted by molar-refractivity contribution is 7.14. The normalized spacial score (nSPS) is 11.5. The molecule has 0 radical (unpaired) electrons. The predicted molar refractivity (Wildman–Crippen MR) is 75.5 cm³/mol. The van der Waals surface area contributed by atoms with Gasteiger partial charge in [-0.1, -0.05) is 12.2 Å². The van der Waals surface area contributed by atoms with Gasteiger partial charge in [0, 0.05) is 5.38 Å². The Bertz CT molecular complexity index is 485. The Morgan fingerprint density at radius 3 is 2.74 bits per heavy atom. The van der Waals surface area contributed by atoms with Crippen LogP contribution in [0.4, 0.5) is 9.80 Å². The summed E-state index contributed by atoms with van der Waals surface area (Å²) >= 11 is 1.35. The number of aliphatic carboxylic acids is 1. The number of hydrogen-bond donors (Lipinski definition) is 2. The van der Waals surface area contributed by atoms with Gasteiger partial charge in [0.1, 0.15) is 5.60 Å². The third kappa shape index (κ3) is 6.61. The maximum absolute atomic E-state index is 11.5. The first-order valence-corrected chi connectivity index (χ1v) is 6.61. The van der Waals surface area contributed by atoms with Gasteiger partial charge in [-0.15, -0.1) is 11.3 Å². The number of hydrogen-bond acceptors (Lipinski definition) is 4. The number of anilines is 1. The van der Waals surface area contributed by atoms with Crippen molar-refractivity contribution in [1.29, 1.82) is 0 Å². The van der Waals surface area contributed by atoms with Crippen molar-refractivity contribution in [1.82, 2.24) is 0 Å². The highest BCUT2D eigenvalue weighted by Crippen LogP contribution is 2.22. The van der Waals surface area contributed by atoms with Crippen molar-refractivity contribution < 1.29 is 19.4 Å². The van der Waals surface area contributed by atoms with Crippen molar-refractivity contribution in [3.8, 4) is 0 Å². The van der Waals surface area contributed by atoms with Crippen LogP contribution >= 0.6 is 11.3 Å². The second-order valence-electron chi connectivity index (χ2n) is 4.87. The Kier molecular flexibility index (Phi) is 5.11. The summed E-state index contributed by atoms with van der Waals surface area (Å²) in [6.07, 6.45) is 2.73. The van der Waals surface area contributed by atoms with Crippen LogP contribution in [0.5, 0.6) is 0 Å². The van der Waals surface area contributed by atoms with E-state index in [1.165, 1.54) is 11.3 Å². The molecule has 0 aliphatic rings. The van der Waals surface area contributed by atoms with E-state index in [4.69, 9.17) is 9.84 Å². The molecule has 2 N–H and O–H groups in total. The number of carbonyl (C=O) groups is 2. The molecule has 0 saturated heterocycles. The van der Waals surface area contributed by atoms with E-state index in [1.807, 2.05) is 5.38 Å². The molecule has 1 aromatic heterocycles. The predicted octanol–water partition coefficient (Wildman–Crippen LogP) is 3.58. The smallest absolute Gasteiger partial charge is 0.412 e. The molecule has 1 heterocycles. The summed E-state index contributed by atoms with van der Waals surface area (Å²) in [6, 6.07) is 1.76. The van der Waals surface area contributed by atoms with Crippen molar-refractivity contribution in [2.45, 2.75) is 32.8 Å². The molecule has 0 unspecified atom stereocenters. The van der Waals surface area contributed by atoms with Crippen LogP contribution in [-0.2, 0) is 9.53 Å². The zero-order chi connectivity index (χ0) is 14.5. The van der Waals surface area contributed by atoms with Crippen LogP contribution in [0, 0.1) is 0 Å². The topological polar surface area (TPSA) is 75.6 Å². The number of nitrogens with one attached hydrogen (secondary N) is 1. The number of carboxylic acid groups (broad SMARTS) is 1. The van der Waals surface area contributed by atoms with Gasteiger partial charge in [-0.2, -0.15) is 0 Å². The van der Waals surface area contributed by atoms with E-state index in [2.05, 4.69) is 5.32 Å². The fourth-order valence-corrected chi connectivity index (χ4v) is 1.96. The SMILES string of the molecule is CC(C)(C)OC(=O)Nc1cc(C=CCC(=O)O)cs1. The minimum Gasteiger partial charge on any atom is -0.481 e. The summed E-state index contributed by atoms with van der Waals surface area (Å²) in [7, 11) is 0. The number of carboxylic acids is 1. The third-order valence-corrected chi connectivity index (χ3v) is 2.71. The fourth-order valence-electron chi connectivity index (χ4n) is 1.20. The number of carbonyl (C=O) groups excluding carboxylic acids is 1. The Balaban J connectivity index is 2.53. The van der Waals surface area contributed by atoms with Gasteiger partial charge in [0.05, 0.1) is 11.4 Å². The minimum atomic E-state index is -0.876. The lowest BCUT2D eigenvalue weighted by molar-refractivity contribution is -0.135. The lowest BCUT2D eigenvalue weighted by Crippen LogP contribution is -2.26. The maximum Gasteiger partial charge on any atom is 0.412 e. The molecule has 1 amide bonds. The average Bonchev–Trinajstić information content (AvgIpc) is 2.61. The third-order valence-electron chi connectivity index (χ3n) is 1.85. The maximum atomic E-state index is 11.5. The average molecular weight is 283 g/mol. The van der Waals surface area contributed by atoms with Crippen LogP contribution in [0.3, 0.4) is 0 Å². The van der Waals surface area contributed by atoms with E-state index >= 15 is 0 Å².